The molecule has 2 atom stereocenters. The number of amides is 1. The lowest BCUT2D eigenvalue weighted by Gasteiger charge is -2.27. The van der Waals surface area contributed by atoms with E-state index >= 15 is 0 Å². The van der Waals surface area contributed by atoms with Crippen molar-refractivity contribution in [2.45, 2.75) is 51.7 Å². The number of nitrogens with zero attached hydrogens (tertiary/aromatic N) is 5. The Hall–Kier alpha value is -3.34. The van der Waals surface area contributed by atoms with E-state index < -0.39 is 18.0 Å². The van der Waals surface area contributed by atoms with E-state index in [0.717, 1.165) is 25.1 Å². The van der Waals surface area contributed by atoms with Crippen LogP contribution in [-0.2, 0) is 20.8 Å². The maximum Gasteiger partial charge on any atom is 0.361 e. The van der Waals surface area contributed by atoms with Gasteiger partial charge in [0.15, 0.2) is 5.69 Å². The van der Waals surface area contributed by atoms with Crippen molar-refractivity contribution in [3.63, 3.8) is 0 Å². The summed E-state index contributed by atoms with van der Waals surface area (Å²) in [6.07, 6.45) is 4.07. The number of carbonyl (C=O) groups excluding carboxylic acids is 3. The first-order valence-electron chi connectivity index (χ1n) is 11.5. The number of pyridine rings is 1. The molecule has 2 aromatic rings. The Morgan fingerprint density at radius 1 is 1.15 bits per heavy atom. The molecule has 34 heavy (non-hydrogen) atoms. The van der Waals surface area contributed by atoms with Crippen LogP contribution in [-0.4, -0.2) is 76.1 Å². The topological polar surface area (TPSA) is 129 Å². The fourth-order valence-corrected chi connectivity index (χ4v) is 4.28. The van der Waals surface area contributed by atoms with Crippen LogP contribution in [0.4, 0.5) is 0 Å². The zero-order chi connectivity index (χ0) is 24.7. The maximum atomic E-state index is 13.2. The van der Waals surface area contributed by atoms with Gasteiger partial charge >= 0.3 is 11.9 Å². The van der Waals surface area contributed by atoms with Crippen LogP contribution in [0.25, 0.3) is 0 Å². The summed E-state index contributed by atoms with van der Waals surface area (Å²) in [6.45, 7) is 5.80. The van der Waals surface area contributed by atoms with Crippen molar-refractivity contribution < 1.29 is 23.9 Å². The van der Waals surface area contributed by atoms with Gasteiger partial charge in [-0.15, -0.1) is 5.10 Å². The minimum Gasteiger partial charge on any atom is -0.464 e. The zero-order valence-corrected chi connectivity index (χ0v) is 20.1. The summed E-state index contributed by atoms with van der Waals surface area (Å²) in [6, 6.07) is 4.78. The Bertz CT molecular complexity index is 991. The molecule has 184 valence electrons. The Labute approximate surface area is 198 Å². The van der Waals surface area contributed by atoms with Crippen LogP contribution in [0, 0.1) is 5.92 Å². The van der Waals surface area contributed by atoms with Crippen molar-refractivity contribution in [1.82, 2.24) is 30.2 Å². The van der Waals surface area contributed by atoms with Gasteiger partial charge in [0, 0.05) is 19.3 Å². The van der Waals surface area contributed by atoms with E-state index in [1.807, 2.05) is 18.2 Å². The first-order valence-corrected chi connectivity index (χ1v) is 11.5. The summed E-state index contributed by atoms with van der Waals surface area (Å²) in [5, 5.41) is 10.9. The van der Waals surface area contributed by atoms with Gasteiger partial charge in [-0.1, -0.05) is 38.0 Å². The van der Waals surface area contributed by atoms with E-state index in [2.05, 4.69) is 39.4 Å². The molecule has 0 unspecified atom stereocenters. The van der Waals surface area contributed by atoms with Crippen molar-refractivity contribution in [1.29, 1.82) is 0 Å². The molecule has 0 saturated carbocycles. The summed E-state index contributed by atoms with van der Waals surface area (Å²) in [4.78, 5) is 44.2. The molecule has 2 aromatic heterocycles. The fourth-order valence-electron chi connectivity index (χ4n) is 4.28. The number of ether oxygens (including phenoxy) is 2. The Morgan fingerprint density at radius 2 is 1.88 bits per heavy atom. The number of aromatic nitrogens is 4. The molecule has 1 saturated heterocycles. The van der Waals surface area contributed by atoms with Gasteiger partial charge in [-0.05, 0) is 24.5 Å². The van der Waals surface area contributed by atoms with Crippen LogP contribution in [0.2, 0.25) is 0 Å². The third-order valence-corrected chi connectivity index (χ3v) is 6.30. The van der Waals surface area contributed by atoms with E-state index in [1.165, 1.54) is 18.9 Å². The number of rotatable bonds is 10. The van der Waals surface area contributed by atoms with Gasteiger partial charge in [-0.2, -0.15) is 0 Å². The molecule has 1 aliphatic heterocycles. The van der Waals surface area contributed by atoms with Crippen molar-refractivity contribution in [3.8, 4) is 0 Å². The largest absolute Gasteiger partial charge is 0.464 e. The minimum absolute atomic E-state index is 0.0728. The average Bonchev–Trinajstić information content (AvgIpc) is 3.50. The highest BCUT2D eigenvalue weighted by Gasteiger charge is 2.41. The molecule has 1 N–H and O–H groups in total. The molecule has 0 radical (unpaired) electrons. The molecule has 0 aromatic carbocycles. The van der Waals surface area contributed by atoms with Gasteiger partial charge in [-0.3, -0.25) is 14.7 Å². The molecule has 11 heteroatoms. The summed E-state index contributed by atoms with van der Waals surface area (Å²) < 4.78 is 11.0. The number of hydrogen-bond donors (Lipinski definition) is 1. The Balaban J connectivity index is 1.86. The standard InChI is InChI=1S/C23H32N6O5/c1-5-15(6-2)13-28-14-17(11-18(28)21(30)25-12-16-9-7-8-10-24-16)29-20(23(32)34-4)19(26-27-29)22(31)33-3/h7-10,15,17-18H,5-6,11-14H2,1-4H3,(H,25,30)/t17-,18-/m0/s1. The molecule has 1 aliphatic rings. The molecule has 0 spiro atoms. The van der Waals surface area contributed by atoms with Gasteiger partial charge in [0.2, 0.25) is 11.6 Å². The van der Waals surface area contributed by atoms with Crippen LogP contribution in [0.5, 0.6) is 0 Å². The van der Waals surface area contributed by atoms with Gasteiger partial charge in [0.05, 0.1) is 38.5 Å². The van der Waals surface area contributed by atoms with Gasteiger partial charge in [0.1, 0.15) is 0 Å². The summed E-state index contributed by atoms with van der Waals surface area (Å²) in [5.74, 6) is -1.21. The van der Waals surface area contributed by atoms with Gasteiger partial charge in [-0.25, -0.2) is 14.3 Å². The monoisotopic (exact) mass is 472 g/mol. The number of likely N-dealkylation sites (tertiary alicyclic amines) is 1. The lowest BCUT2D eigenvalue weighted by molar-refractivity contribution is -0.125. The maximum absolute atomic E-state index is 13.2. The van der Waals surface area contributed by atoms with Gasteiger partial charge in [0.25, 0.3) is 0 Å². The van der Waals surface area contributed by atoms with Crippen LogP contribution in [0.15, 0.2) is 24.4 Å². The summed E-state index contributed by atoms with van der Waals surface area (Å²) in [5.41, 5.74) is 0.490. The van der Waals surface area contributed by atoms with Crippen LogP contribution < -0.4 is 5.32 Å². The second-order valence-electron chi connectivity index (χ2n) is 8.30. The highest BCUT2D eigenvalue weighted by atomic mass is 16.5. The lowest BCUT2D eigenvalue weighted by Crippen LogP contribution is -2.44. The lowest BCUT2D eigenvalue weighted by atomic mass is 10.0. The summed E-state index contributed by atoms with van der Waals surface area (Å²) >= 11 is 0. The van der Waals surface area contributed by atoms with Crippen molar-refractivity contribution in [2.75, 3.05) is 27.3 Å². The predicted molar refractivity (Wildman–Crippen MR) is 122 cm³/mol. The third kappa shape index (κ3) is 5.58. The second kappa shape index (κ2) is 11.7. The normalized spacial score (nSPS) is 18.1. The number of methoxy groups -OCH3 is 2. The van der Waals surface area contributed by atoms with E-state index in [0.29, 0.717) is 25.4 Å². The number of carbonyl (C=O) groups is 3. The number of esters is 2. The SMILES string of the molecule is CCC(CC)CN1C[C@@H](n2nnc(C(=O)OC)c2C(=O)OC)C[C@H]1C(=O)NCc1ccccn1. The number of hydrogen-bond acceptors (Lipinski definition) is 9. The van der Waals surface area contributed by atoms with Gasteiger partial charge < -0.3 is 14.8 Å². The molecule has 1 amide bonds. The second-order valence-corrected chi connectivity index (χ2v) is 8.30. The van der Waals surface area contributed by atoms with E-state index in [1.54, 1.807) is 6.20 Å². The number of nitrogens with one attached hydrogen (secondary N) is 1. The molecular weight excluding hydrogens is 440 g/mol. The van der Waals surface area contributed by atoms with Crippen LogP contribution >= 0.6 is 0 Å². The molecule has 3 rings (SSSR count). The highest BCUT2D eigenvalue weighted by molar-refractivity contribution is 6.00. The predicted octanol–water partition coefficient (Wildman–Crippen LogP) is 1.61. The Kier molecular flexibility index (Phi) is 8.69. The van der Waals surface area contributed by atoms with Crippen LogP contribution in [0.3, 0.4) is 0 Å². The van der Waals surface area contributed by atoms with Crippen molar-refractivity contribution >= 4 is 17.8 Å². The molecule has 0 bridgehead atoms. The average molecular weight is 473 g/mol. The molecule has 1 fully saturated rings. The smallest absolute Gasteiger partial charge is 0.361 e. The molecule has 11 nitrogen and oxygen atoms in total. The molecular formula is C23H32N6O5. The quantitative estimate of drug-likeness (QED) is 0.513. The third-order valence-electron chi connectivity index (χ3n) is 6.30. The minimum atomic E-state index is -0.775. The zero-order valence-electron chi connectivity index (χ0n) is 20.1. The molecule has 3 heterocycles. The van der Waals surface area contributed by atoms with E-state index in [4.69, 9.17) is 9.47 Å². The van der Waals surface area contributed by atoms with Crippen LogP contribution in [0.1, 0.15) is 65.8 Å². The summed E-state index contributed by atoms with van der Waals surface area (Å²) in [7, 11) is 2.43. The first-order chi connectivity index (χ1) is 16.4. The Morgan fingerprint density at radius 3 is 2.50 bits per heavy atom. The van der Waals surface area contributed by atoms with Crippen molar-refractivity contribution in [2.24, 2.45) is 5.92 Å². The highest BCUT2D eigenvalue weighted by Crippen LogP contribution is 2.30. The van der Waals surface area contributed by atoms with E-state index in [9.17, 15) is 14.4 Å². The van der Waals surface area contributed by atoms with Crippen molar-refractivity contribution in [3.05, 3.63) is 41.5 Å². The van der Waals surface area contributed by atoms with E-state index in [-0.39, 0.29) is 23.3 Å². The fraction of sp³-hybridized carbons (Fsp3) is 0.565. The first kappa shape index (κ1) is 25.3. The molecule has 0 aliphatic carbocycles.